The van der Waals surface area contributed by atoms with E-state index in [0.29, 0.717) is 0 Å². The van der Waals surface area contributed by atoms with Gasteiger partial charge in [-0.3, -0.25) is 0 Å². The number of rotatable bonds is 4. The molecule has 0 unspecified atom stereocenters. The molecular weight excluding hydrogens is 316 g/mol. The Balaban J connectivity index is 2.11. The molecule has 11 nitrogen and oxygen atoms in total. The quantitative estimate of drug-likeness (QED) is 0.244. The van der Waals surface area contributed by atoms with Crippen LogP contribution in [0.1, 0.15) is 0 Å². The molecule has 0 spiro atoms. The number of ether oxygens (including phenoxy) is 3. The van der Waals surface area contributed by atoms with Crippen LogP contribution in [0.3, 0.4) is 0 Å². The van der Waals surface area contributed by atoms with Gasteiger partial charge in [-0.05, 0) is 0 Å². The van der Waals surface area contributed by atoms with Gasteiger partial charge in [-0.2, -0.15) is 0 Å². The van der Waals surface area contributed by atoms with Crippen molar-refractivity contribution >= 4 is 0 Å². The van der Waals surface area contributed by atoms with Gasteiger partial charge in [0, 0.05) is 0 Å². The van der Waals surface area contributed by atoms with Crippen molar-refractivity contribution in [3.63, 3.8) is 0 Å². The summed E-state index contributed by atoms with van der Waals surface area (Å²) >= 11 is 0. The van der Waals surface area contributed by atoms with E-state index in [-0.39, 0.29) is 0 Å². The maximum absolute atomic E-state index is 10.2. The summed E-state index contributed by atoms with van der Waals surface area (Å²) in [4.78, 5) is 0. The molecule has 2 aliphatic rings. The maximum atomic E-state index is 10.2. The summed E-state index contributed by atoms with van der Waals surface area (Å²) in [6.07, 6.45) is -9.63. The molecule has 0 aromatic rings. The van der Waals surface area contributed by atoms with E-state index >= 15 is 0 Å². The van der Waals surface area contributed by atoms with E-state index in [9.17, 15) is 30.6 Å². The second-order valence-corrected chi connectivity index (χ2v) is 5.87. The van der Waals surface area contributed by atoms with Crippen LogP contribution in [-0.2, 0) is 14.2 Å². The van der Waals surface area contributed by atoms with E-state index in [0.717, 1.165) is 0 Å². The second kappa shape index (κ2) is 7.63. The topological polar surface area (TPSA) is 204 Å². The van der Waals surface area contributed by atoms with Crippen molar-refractivity contribution < 1.29 is 56.3 Å². The smallest absolute Gasteiger partial charge is 0.214 e. The number of quaternary nitrogens is 2. The monoisotopic (exact) mass is 342 g/mol. The SMILES string of the molecule is [NH3+][C@@H]1[C@@H](O)[C@H](O[C@@H]2O[C@H](CO)[C@@H](O)[C@H](O)[C@H]2[NH3+])[C@@H](CO)O[C@@H]1O. The minimum atomic E-state index is -1.36. The van der Waals surface area contributed by atoms with Crippen LogP contribution in [0.15, 0.2) is 0 Å². The molecule has 2 heterocycles. The highest BCUT2D eigenvalue weighted by Gasteiger charge is 2.51. The lowest BCUT2D eigenvalue weighted by atomic mass is 9.95. The van der Waals surface area contributed by atoms with E-state index in [2.05, 4.69) is 11.5 Å². The molecule has 2 fully saturated rings. The molecule has 0 bridgehead atoms. The van der Waals surface area contributed by atoms with E-state index in [4.69, 9.17) is 14.2 Å². The number of aliphatic hydroxyl groups excluding tert-OH is 6. The van der Waals surface area contributed by atoms with Crippen molar-refractivity contribution in [2.75, 3.05) is 13.2 Å². The molecule has 0 radical (unpaired) electrons. The van der Waals surface area contributed by atoms with Crippen molar-refractivity contribution in [3.8, 4) is 0 Å². The molecule has 0 amide bonds. The zero-order valence-corrected chi connectivity index (χ0v) is 12.5. The molecule has 0 saturated carbocycles. The predicted molar refractivity (Wildman–Crippen MR) is 70.0 cm³/mol. The molecule has 10 atom stereocenters. The van der Waals surface area contributed by atoms with Crippen LogP contribution in [-0.4, -0.2) is 105 Å². The first-order valence-electron chi connectivity index (χ1n) is 7.38. The van der Waals surface area contributed by atoms with Crippen molar-refractivity contribution in [1.82, 2.24) is 0 Å². The van der Waals surface area contributed by atoms with Gasteiger partial charge in [-0.25, -0.2) is 0 Å². The minimum Gasteiger partial charge on any atom is -0.394 e. The summed E-state index contributed by atoms with van der Waals surface area (Å²) in [5.41, 5.74) is 7.24. The Morgan fingerprint density at radius 1 is 0.783 bits per heavy atom. The minimum absolute atomic E-state index is 0.533. The number of hydrogen-bond donors (Lipinski definition) is 8. The zero-order valence-electron chi connectivity index (χ0n) is 12.5. The first kappa shape index (κ1) is 18.9. The maximum Gasteiger partial charge on any atom is 0.214 e. The van der Waals surface area contributed by atoms with Crippen LogP contribution in [0.5, 0.6) is 0 Å². The summed E-state index contributed by atoms with van der Waals surface area (Å²) in [6, 6.07) is -1.83. The third-order valence-corrected chi connectivity index (χ3v) is 4.30. The Morgan fingerprint density at radius 3 is 1.96 bits per heavy atom. The van der Waals surface area contributed by atoms with Gasteiger partial charge in [0.15, 0.2) is 12.1 Å². The van der Waals surface area contributed by atoms with E-state index in [1.54, 1.807) is 0 Å². The van der Waals surface area contributed by atoms with Crippen LogP contribution in [0.2, 0.25) is 0 Å². The summed E-state index contributed by atoms with van der Waals surface area (Å²) < 4.78 is 16.1. The summed E-state index contributed by atoms with van der Waals surface area (Å²) in [7, 11) is 0. The second-order valence-electron chi connectivity index (χ2n) is 5.87. The van der Waals surface area contributed by atoms with Crippen molar-refractivity contribution in [3.05, 3.63) is 0 Å². The van der Waals surface area contributed by atoms with Gasteiger partial charge >= 0.3 is 0 Å². The Labute approximate surface area is 132 Å². The number of aliphatic hydroxyl groups is 6. The fourth-order valence-electron chi connectivity index (χ4n) is 2.73. The summed E-state index contributed by atoms with van der Waals surface area (Å²) in [5.74, 6) is 0. The van der Waals surface area contributed by atoms with E-state index in [1.807, 2.05) is 0 Å². The normalized spacial score (nSPS) is 51.7. The lowest BCUT2D eigenvalue weighted by molar-refractivity contribution is -0.522. The Morgan fingerprint density at radius 2 is 1.39 bits per heavy atom. The molecule has 2 saturated heterocycles. The third kappa shape index (κ3) is 3.65. The van der Waals surface area contributed by atoms with Crippen LogP contribution in [0, 0.1) is 0 Å². The van der Waals surface area contributed by atoms with Gasteiger partial charge in [-0.15, -0.1) is 0 Å². The molecule has 0 aromatic carbocycles. The van der Waals surface area contributed by atoms with E-state index < -0.39 is 74.5 Å². The fraction of sp³-hybridized carbons (Fsp3) is 1.00. The van der Waals surface area contributed by atoms with Gasteiger partial charge in [0.05, 0.1) is 13.2 Å². The largest absolute Gasteiger partial charge is 0.394 e. The molecular formula is C12H26N2O9+2. The van der Waals surface area contributed by atoms with Crippen molar-refractivity contribution in [2.45, 2.75) is 61.3 Å². The van der Waals surface area contributed by atoms with Crippen LogP contribution < -0.4 is 11.5 Å². The summed E-state index contributed by atoms with van der Waals surface area (Å²) in [5, 5.41) is 58.1. The van der Waals surface area contributed by atoms with Gasteiger partial charge < -0.3 is 56.3 Å². The number of hydrogen-bond acceptors (Lipinski definition) is 9. The molecule has 12 N–H and O–H groups in total. The highest BCUT2D eigenvalue weighted by molar-refractivity contribution is 4.92. The zero-order chi connectivity index (χ0) is 17.3. The molecule has 23 heavy (non-hydrogen) atoms. The Bertz CT molecular complexity index is 386. The Hall–Kier alpha value is -0.440. The first-order valence-corrected chi connectivity index (χ1v) is 7.38. The van der Waals surface area contributed by atoms with Crippen LogP contribution in [0.4, 0.5) is 0 Å². The van der Waals surface area contributed by atoms with Crippen LogP contribution in [0.25, 0.3) is 0 Å². The fourth-order valence-corrected chi connectivity index (χ4v) is 2.73. The molecule has 2 aliphatic heterocycles. The van der Waals surface area contributed by atoms with Gasteiger partial charge in [0.25, 0.3) is 0 Å². The van der Waals surface area contributed by atoms with Crippen LogP contribution >= 0.6 is 0 Å². The highest BCUT2D eigenvalue weighted by atomic mass is 16.7. The Kier molecular flexibility index (Phi) is 6.27. The van der Waals surface area contributed by atoms with Crippen molar-refractivity contribution in [1.29, 1.82) is 0 Å². The van der Waals surface area contributed by atoms with Gasteiger partial charge in [0.2, 0.25) is 12.6 Å². The lowest BCUT2D eigenvalue weighted by Crippen LogP contribution is -2.81. The third-order valence-electron chi connectivity index (χ3n) is 4.30. The van der Waals surface area contributed by atoms with E-state index in [1.165, 1.54) is 0 Å². The van der Waals surface area contributed by atoms with Crippen molar-refractivity contribution in [2.24, 2.45) is 0 Å². The average molecular weight is 342 g/mol. The molecule has 0 aromatic heterocycles. The first-order chi connectivity index (χ1) is 10.8. The molecule has 11 heteroatoms. The highest BCUT2D eigenvalue weighted by Crippen LogP contribution is 2.26. The standard InChI is InChI=1S/C12H24N2O9/c13-5-9(19)10(4(2-16)21-11(5)20)23-12-6(14)8(18)7(17)3(1-15)22-12/h3-12,15-20H,1-2,13-14H2/p+2/t3-,4-,5-,6-,7-,8-,9-,10-,11+,12+/m1/s1. The summed E-state index contributed by atoms with van der Waals surface area (Å²) in [6.45, 7) is -1.08. The molecule has 136 valence electrons. The van der Waals surface area contributed by atoms with Gasteiger partial charge in [-0.1, -0.05) is 0 Å². The lowest BCUT2D eigenvalue weighted by Gasteiger charge is -2.43. The van der Waals surface area contributed by atoms with Gasteiger partial charge in [0.1, 0.15) is 36.6 Å². The average Bonchev–Trinajstić information content (AvgIpc) is 2.55. The predicted octanol–water partition coefficient (Wildman–Crippen LogP) is -6.90. The molecule has 0 aliphatic carbocycles. The molecule has 2 rings (SSSR count).